The van der Waals surface area contributed by atoms with E-state index in [2.05, 4.69) is 10.1 Å². The van der Waals surface area contributed by atoms with Gasteiger partial charge in [-0.15, -0.1) is 0 Å². The molecule has 0 saturated heterocycles. The molecule has 0 aliphatic rings. The van der Waals surface area contributed by atoms with Crippen molar-refractivity contribution in [2.75, 3.05) is 14.2 Å². The number of imidazole rings is 1. The Bertz CT molecular complexity index is 1050. The molecule has 0 atom stereocenters. The summed E-state index contributed by atoms with van der Waals surface area (Å²) >= 11 is 0.845. The lowest BCUT2D eigenvalue weighted by molar-refractivity contribution is 0.0163. The molecule has 0 radical (unpaired) electrons. The fourth-order valence-corrected chi connectivity index (χ4v) is 3.30. The van der Waals surface area contributed by atoms with Gasteiger partial charge in [0.1, 0.15) is 22.8 Å². The third-order valence-corrected chi connectivity index (χ3v) is 4.79. The second-order valence-electron chi connectivity index (χ2n) is 5.50. The number of alkyl halides is 2. The van der Waals surface area contributed by atoms with E-state index >= 15 is 0 Å². The van der Waals surface area contributed by atoms with Crippen LogP contribution >= 0.6 is 11.3 Å². The van der Waals surface area contributed by atoms with Gasteiger partial charge in [0, 0.05) is 19.1 Å². The summed E-state index contributed by atoms with van der Waals surface area (Å²) in [6.45, 7) is 0.811. The zero-order valence-electron chi connectivity index (χ0n) is 13.5. The molecule has 6 nitrogen and oxygen atoms in total. The SMILES string of the molecule is COc1cc(OC)c2cc(-c3cn4nc(C(C)(F)F)sc4n3)oc2c1. The highest BCUT2D eigenvalue weighted by atomic mass is 32.1. The number of rotatable bonds is 4. The molecule has 0 unspecified atom stereocenters. The highest BCUT2D eigenvalue weighted by Crippen LogP contribution is 2.37. The van der Waals surface area contributed by atoms with Crippen molar-refractivity contribution < 1.29 is 22.7 Å². The highest BCUT2D eigenvalue weighted by molar-refractivity contribution is 7.16. The van der Waals surface area contributed by atoms with Crippen molar-refractivity contribution in [1.82, 2.24) is 14.6 Å². The molecular formula is C16H13F2N3O3S. The Morgan fingerprint density at radius 3 is 2.64 bits per heavy atom. The fraction of sp³-hybridized carbons (Fsp3) is 0.250. The quantitative estimate of drug-likeness (QED) is 0.539. The van der Waals surface area contributed by atoms with Gasteiger partial charge in [-0.05, 0) is 6.07 Å². The number of hydrogen-bond acceptors (Lipinski definition) is 6. The van der Waals surface area contributed by atoms with Crippen molar-refractivity contribution >= 4 is 27.3 Å². The number of fused-ring (bicyclic) bond motifs is 2. The number of aromatic nitrogens is 3. The summed E-state index contributed by atoms with van der Waals surface area (Å²) in [5, 5.41) is 4.37. The van der Waals surface area contributed by atoms with Crippen LogP contribution < -0.4 is 9.47 Å². The van der Waals surface area contributed by atoms with Crippen LogP contribution in [0.3, 0.4) is 0 Å². The van der Waals surface area contributed by atoms with Gasteiger partial charge in [-0.3, -0.25) is 0 Å². The van der Waals surface area contributed by atoms with E-state index in [-0.39, 0.29) is 5.01 Å². The molecule has 9 heteroatoms. The number of benzene rings is 1. The van der Waals surface area contributed by atoms with Crippen LogP contribution in [0.5, 0.6) is 11.5 Å². The number of furan rings is 1. The Morgan fingerprint density at radius 2 is 2.00 bits per heavy atom. The van der Waals surface area contributed by atoms with Crippen molar-refractivity contribution in [2.24, 2.45) is 0 Å². The molecule has 0 amide bonds. The topological polar surface area (TPSA) is 61.8 Å². The smallest absolute Gasteiger partial charge is 0.298 e. The summed E-state index contributed by atoms with van der Waals surface area (Å²) in [6.07, 6.45) is 1.56. The second-order valence-corrected chi connectivity index (χ2v) is 6.46. The lowest BCUT2D eigenvalue weighted by Gasteiger charge is -2.04. The van der Waals surface area contributed by atoms with Gasteiger partial charge < -0.3 is 13.9 Å². The average Bonchev–Trinajstić information content (AvgIpc) is 3.24. The first-order chi connectivity index (χ1) is 11.9. The van der Waals surface area contributed by atoms with E-state index in [0.29, 0.717) is 33.5 Å². The summed E-state index contributed by atoms with van der Waals surface area (Å²) in [7, 11) is 3.12. The van der Waals surface area contributed by atoms with E-state index in [1.807, 2.05) is 0 Å². The first kappa shape index (κ1) is 15.8. The Balaban J connectivity index is 1.81. The van der Waals surface area contributed by atoms with E-state index in [1.54, 1.807) is 38.6 Å². The number of ether oxygens (including phenoxy) is 2. The van der Waals surface area contributed by atoms with E-state index in [4.69, 9.17) is 13.9 Å². The minimum atomic E-state index is -2.99. The van der Waals surface area contributed by atoms with Crippen LogP contribution in [0.1, 0.15) is 11.9 Å². The third-order valence-electron chi connectivity index (χ3n) is 3.70. The van der Waals surface area contributed by atoms with Gasteiger partial charge in [0.2, 0.25) is 4.96 Å². The molecule has 4 aromatic rings. The molecule has 0 spiro atoms. The summed E-state index contributed by atoms with van der Waals surface area (Å²) < 4.78 is 44.4. The number of nitrogens with zero attached hydrogens (tertiary/aromatic N) is 3. The minimum Gasteiger partial charge on any atom is -0.496 e. The van der Waals surface area contributed by atoms with E-state index in [0.717, 1.165) is 23.6 Å². The molecule has 0 fully saturated rings. The predicted molar refractivity (Wildman–Crippen MR) is 88.7 cm³/mol. The van der Waals surface area contributed by atoms with Crippen molar-refractivity contribution in [2.45, 2.75) is 12.8 Å². The van der Waals surface area contributed by atoms with E-state index in [1.165, 1.54) is 4.52 Å². The van der Waals surface area contributed by atoms with Crippen LogP contribution in [0.4, 0.5) is 8.78 Å². The predicted octanol–water partition coefficient (Wildman–Crippen LogP) is 4.33. The fourth-order valence-electron chi connectivity index (χ4n) is 2.49. The van der Waals surface area contributed by atoms with Crippen LogP contribution in [0.2, 0.25) is 0 Å². The van der Waals surface area contributed by atoms with Gasteiger partial charge in [0.15, 0.2) is 10.8 Å². The number of methoxy groups -OCH3 is 2. The van der Waals surface area contributed by atoms with Crippen molar-refractivity contribution in [3.8, 4) is 23.0 Å². The van der Waals surface area contributed by atoms with Crippen molar-refractivity contribution in [3.05, 3.63) is 29.4 Å². The first-order valence-electron chi connectivity index (χ1n) is 7.29. The Morgan fingerprint density at radius 1 is 1.20 bits per heavy atom. The standard InChI is InChI=1S/C16H13F2N3O3S/c1-16(17,18)14-20-21-7-10(19-15(21)25-14)13-6-9-11(23-3)4-8(22-2)5-12(9)24-13/h4-7H,1-3H3. The summed E-state index contributed by atoms with van der Waals surface area (Å²) in [4.78, 5) is 4.70. The summed E-state index contributed by atoms with van der Waals surface area (Å²) in [5.74, 6) is -1.29. The second kappa shape index (κ2) is 5.41. The molecule has 3 aromatic heterocycles. The molecular weight excluding hydrogens is 352 g/mol. The lowest BCUT2D eigenvalue weighted by Crippen LogP contribution is -2.06. The van der Waals surface area contributed by atoms with Crippen LogP contribution in [-0.4, -0.2) is 28.8 Å². The summed E-state index contributed by atoms with van der Waals surface area (Å²) in [5.41, 5.74) is 1.08. The molecule has 0 saturated carbocycles. The van der Waals surface area contributed by atoms with Crippen molar-refractivity contribution in [3.63, 3.8) is 0 Å². The maximum atomic E-state index is 13.4. The van der Waals surface area contributed by atoms with Gasteiger partial charge in [0.05, 0.1) is 25.8 Å². The molecule has 0 aliphatic carbocycles. The highest BCUT2D eigenvalue weighted by Gasteiger charge is 2.30. The average molecular weight is 365 g/mol. The maximum Gasteiger partial charge on any atom is 0.298 e. The van der Waals surface area contributed by atoms with Gasteiger partial charge in [-0.1, -0.05) is 11.3 Å². The Hall–Kier alpha value is -2.68. The first-order valence-corrected chi connectivity index (χ1v) is 8.11. The molecule has 0 bridgehead atoms. The molecule has 4 rings (SSSR count). The molecule has 1 aromatic carbocycles. The van der Waals surface area contributed by atoms with Crippen LogP contribution in [-0.2, 0) is 5.92 Å². The van der Waals surface area contributed by atoms with E-state index in [9.17, 15) is 8.78 Å². The lowest BCUT2D eigenvalue weighted by atomic mass is 10.2. The molecule has 3 heterocycles. The van der Waals surface area contributed by atoms with Gasteiger partial charge in [-0.25, -0.2) is 9.50 Å². The van der Waals surface area contributed by atoms with Crippen LogP contribution in [0.25, 0.3) is 27.4 Å². The van der Waals surface area contributed by atoms with Crippen LogP contribution in [0, 0.1) is 0 Å². The summed E-state index contributed by atoms with van der Waals surface area (Å²) in [6, 6.07) is 5.29. The largest absolute Gasteiger partial charge is 0.496 e. The maximum absolute atomic E-state index is 13.4. The van der Waals surface area contributed by atoms with Gasteiger partial charge >= 0.3 is 0 Å². The monoisotopic (exact) mass is 365 g/mol. The van der Waals surface area contributed by atoms with Crippen molar-refractivity contribution in [1.29, 1.82) is 0 Å². The minimum absolute atomic E-state index is 0.280. The zero-order chi connectivity index (χ0) is 17.8. The zero-order valence-corrected chi connectivity index (χ0v) is 14.4. The number of hydrogen-bond donors (Lipinski definition) is 0. The third kappa shape index (κ3) is 2.60. The Kier molecular flexibility index (Phi) is 3.43. The normalized spacial score (nSPS) is 12.2. The van der Waals surface area contributed by atoms with E-state index < -0.39 is 5.92 Å². The molecule has 0 N–H and O–H groups in total. The van der Waals surface area contributed by atoms with Gasteiger partial charge in [-0.2, -0.15) is 13.9 Å². The number of halogens is 2. The molecule has 25 heavy (non-hydrogen) atoms. The molecule has 130 valence electrons. The Labute approximate surface area is 144 Å². The molecule has 0 aliphatic heterocycles. The van der Waals surface area contributed by atoms with Gasteiger partial charge in [0.25, 0.3) is 5.92 Å². The van der Waals surface area contributed by atoms with Crippen LogP contribution in [0.15, 0.2) is 28.8 Å².